The maximum absolute atomic E-state index is 11.5. The van der Waals surface area contributed by atoms with Crippen molar-refractivity contribution >= 4 is 28.0 Å². The van der Waals surface area contributed by atoms with Gasteiger partial charge in [0.1, 0.15) is 5.60 Å². The molecule has 6 nitrogen and oxygen atoms in total. The molecule has 19 heavy (non-hydrogen) atoms. The molecule has 0 aromatic carbocycles. The number of aromatic nitrogens is 1. The minimum absolute atomic E-state index is 0.0101. The van der Waals surface area contributed by atoms with Crippen molar-refractivity contribution in [3.05, 3.63) is 28.0 Å². The molecule has 0 saturated heterocycles. The zero-order valence-electron chi connectivity index (χ0n) is 10.9. The second-order valence-corrected chi connectivity index (χ2v) is 5.72. The summed E-state index contributed by atoms with van der Waals surface area (Å²) in [5.74, 6) is -1.10. The molecule has 1 rings (SSSR count). The van der Waals surface area contributed by atoms with E-state index < -0.39 is 17.7 Å². The Morgan fingerprint density at radius 1 is 1.47 bits per heavy atom. The van der Waals surface area contributed by atoms with Gasteiger partial charge >= 0.3 is 12.1 Å². The SMILES string of the molecule is CC(C)(C)OC(=O)NCc1ncc(Br)cc1C(=O)O. The minimum atomic E-state index is -1.10. The third-order valence-corrected chi connectivity index (χ3v) is 2.40. The molecule has 0 aliphatic carbocycles. The van der Waals surface area contributed by atoms with Gasteiger partial charge in [0.2, 0.25) is 0 Å². The van der Waals surface area contributed by atoms with Crippen molar-refractivity contribution in [2.45, 2.75) is 32.9 Å². The number of hydrogen-bond acceptors (Lipinski definition) is 4. The number of pyridine rings is 1. The summed E-state index contributed by atoms with van der Waals surface area (Å²) in [4.78, 5) is 26.5. The zero-order chi connectivity index (χ0) is 14.6. The Morgan fingerprint density at radius 3 is 2.63 bits per heavy atom. The van der Waals surface area contributed by atoms with E-state index in [1.165, 1.54) is 12.3 Å². The lowest BCUT2D eigenvalue weighted by molar-refractivity contribution is 0.0520. The van der Waals surface area contributed by atoms with Crippen LogP contribution in [0.4, 0.5) is 4.79 Å². The molecule has 0 saturated carbocycles. The highest BCUT2D eigenvalue weighted by Crippen LogP contribution is 2.14. The molecule has 0 aliphatic heterocycles. The Kier molecular flexibility index (Phi) is 4.88. The fourth-order valence-corrected chi connectivity index (χ4v) is 1.59. The Balaban J connectivity index is 2.73. The van der Waals surface area contributed by atoms with E-state index in [1.54, 1.807) is 20.8 Å². The Labute approximate surface area is 119 Å². The van der Waals surface area contributed by atoms with Gasteiger partial charge in [-0.05, 0) is 42.8 Å². The first kappa shape index (κ1) is 15.4. The van der Waals surface area contributed by atoms with Crippen molar-refractivity contribution in [2.24, 2.45) is 0 Å². The van der Waals surface area contributed by atoms with Crippen LogP contribution in [0.5, 0.6) is 0 Å². The summed E-state index contributed by atoms with van der Waals surface area (Å²) in [6.07, 6.45) is 0.854. The smallest absolute Gasteiger partial charge is 0.407 e. The third kappa shape index (κ3) is 5.25. The van der Waals surface area contributed by atoms with Gasteiger partial charge in [0, 0.05) is 10.7 Å². The number of carboxylic acids is 1. The van der Waals surface area contributed by atoms with Crippen LogP contribution in [0.3, 0.4) is 0 Å². The third-order valence-electron chi connectivity index (χ3n) is 1.97. The Hall–Kier alpha value is -1.63. The van der Waals surface area contributed by atoms with E-state index in [9.17, 15) is 9.59 Å². The van der Waals surface area contributed by atoms with Crippen molar-refractivity contribution in [1.29, 1.82) is 0 Å². The standard InChI is InChI=1S/C12H15BrN2O4/c1-12(2,3)19-11(18)15-6-9-8(10(16)17)4-7(13)5-14-9/h4-5H,6H2,1-3H3,(H,15,18)(H,16,17). The highest BCUT2D eigenvalue weighted by molar-refractivity contribution is 9.10. The topological polar surface area (TPSA) is 88.5 Å². The number of halogens is 1. The fraction of sp³-hybridized carbons (Fsp3) is 0.417. The summed E-state index contributed by atoms with van der Waals surface area (Å²) in [6, 6.07) is 1.43. The van der Waals surface area contributed by atoms with E-state index >= 15 is 0 Å². The summed E-state index contributed by atoms with van der Waals surface area (Å²) in [7, 11) is 0. The first-order chi connectivity index (χ1) is 8.69. The van der Waals surface area contributed by atoms with E-state index in [1.807, 2.05) is 0 Å². The Morgan fingerprint density at radius 2 is 2.11 bits per heavy atom. The number of alkyl carbamates (subject to hydrolysis) is 1. The number of hydrogen-bond donors (Lipinski definition) is 2. The maximum Gasteiger partial charge on any atom is 0.407 e. The normalized spacial score (nSPS) is 10.9. The van der Waals surface area contributed by atoms with E-state index in [0.717, 1.165) is 0 Å². The maximum atomic E-state index is 11.5. The van der Waals surface area contributed by atoms with Gasteiger partial charge in [0.15, 0.2) is 0 Å². The predicted molar refractivity (Wildman–Crippen MR) is 72.0 cm³/mol. The van der Waals surface area contributed by atoms with Crippen LogP contribution in [0.25, 0.3) is 0 Å². The molecule has 1 heterocycles. The zero-order valence-corrected chi connectivity index (χ0v) is 12.4. The molecular formula is C12H15BrN2O4. The lowest BCUT2D eigenvalue weighted by Crippen LogP contribution is -2.32. The van der Waals surface area contributed by atoms with Crippen molar-refractivity contribution in [2.75, 3.05) is 0 Å². The quantitative estimate of drug-likeness (QED) is 0.889. The van der Waals surface area contributed by atoms with Crippen LogP contribution in [0.15, 0.2) is 16.7 Å². The first-order valence-corrected chi connectivity index (χ1v) is 6.33. The molecule has 104 valence electrons. The number of carbonyl (C=O) groups excluding carboxylic acids is 1. The predicted octanol–water partition coefficient (Wildman–Crippen LogP) is 2.57. The van der Waals surface area contributed by atoms with E-state index in [4.69, 9.17) is 9.84 Å². The number of rotatable bonds is 3. The molecule has 2 N–H and O–H groups in total. The number of nitrogens with one attached hydrogen (secondary N) is 1. The summed E-state index contributed by atoms with van der Waals surface area (Å²) in [6.45, 7) is 5.22. The number of aromatic carboxylic acids is 1. The van der Waals surface area contributed by atoms with Crippen LogP contribution in [-0.2, 0) is 11.3 Å². The monoisotopic (exact) mass is 330 g/mol. The van der Waals surface area contributed by atoms with Gasteiger partial charge < -0.3 is 15.2 Å². The molecule has 0 spiro atoms. The van der Waals surface area contributed by atoms with Gasteiger partial charge in [0.05, 0.1) is 17.8 Å². The summed E-state index contributed by atoms with van der Waals surface area (Å²) in [5, 5.41) is 11.5. The number of nitrogens with zero attached hydrogens (tertiary/aromatic N) is 1. The average Bonchev–Trinajstić information content (AvgIpc) is 2.24. The van der Waals surface area contributed by atoms with Crippen LogP contribution in [0.2, 0.25) is 0 Å². The van der Waals surface area contributed by atoms with Gasteiger partial charge in [-0.2, -0.15) is 0 Å². The molecule has 1 aromatic heterocycles. The van der Waals surface area contributed by atoms with Crippen molar-refractivity contribution in [1.82, 2.24) is 10.3 Å². The number of ether oxygens (including phenoxy) is 1. The van der Waals surface area contributed by atoms with Crippen LogP contribution >= 0.6 is 15.9 Å². The van der Waals surface area contributed by atoms with Gasteiger partial charge in [-0.25, -0.2) is 9.59 Å². The highest BCUT2D eigenvalue weighted by Gasteiger charge is 2.17. The second-order valence-electron chi connectivity index (χ2n) is 4.81. The van der Waals surface area contributed by atoms with Gasteiger partial charge in [-0.3, -0.25) is 4.98 Å². The Bertz CT molecular complexity index is 497. The molecule has 0 radical (unpaired) electrons. The van der Waals surface area contributed by atoms with Crippen molar-refractivity contribution in [3.63, 3.8) is 0 Å². The second kappa shape index (κ2) is 6.01. The molecular weight excluding hydrogens is 316 g/mol. The van der Waals surface area contributed by atoms with E-state index in [2.05, 4.69) is 26.2 Å². The van der Waals surface area contributed by atoms with E-state index in [-0.39, 0.29) is 17.8 Å². The van der Waals surface area contributed by atoms with Crippen LogP contribution < -0.4 is 5.32 Å². The minimum Gasteiger partial charge on any atom is -0.478 e. The lowest BCUT2D eigenvalue weighted by atomic mass is 10.2. The molecule has 0 atom stereocenters. The molecule has 0 unspecified atom stereocenters. The summed E-state index contributed by atoms with van der Waals surface area (Å²) >= 11 is 3.15. The first-order valence-electron chi connectivity index (χ1n) is 5.53. The van der Waals surface area contributed by atoms with Gasteiger partial charge in [0.25, 0.3) is 0 Å². The van der Waals surface area contributed by atoms with Crippen LogP contribution in [0.1, 0.15) is 36.8 Å². The lowest BCUT2D eigenvalue weighted by Gasteiger charge is -2.19. The van der Waals surface area contributed by atoms with Crippen LogP contribution in [-0.4, -0.2) is 27.8 Å². The number of amides is 1. The van der Waals surface area contributed by atoms with Crippen molar-refractivity contribution in [3.8, 4) is 0 Å². The molecule has 0 bridgehead atoms. The van der Waals surface area contributed by atoms with Crippen LogP contribution in [0, 0.1) is 0 Å². The highest BCUT2D eigenvalue weighted by atomic mass is 79.9. The molecule has 1 aromatic rings. The largest absolute Gasteiger partial charge is 0.478 e. The van der Waals surface area contributed by atoms with Crippen molar-refractivity contribution < 1.29 is 19.4 Å². The van der Waals surface area contributed by atoms with E-state index in [0.29, 0.717) is 4.47 Å². The molecule has 0 fully saturated rings. The van der Waals surface area contributed by atoms with Gasteiger partial charge in [-0.1, -0.05) is 0 Å². The average molecular weight is 331 g/mol. The molecule has 0 aliphatic rings. The fourth-order valence-electron chi connectivity index (χ4n) is 1.26. The van der Waals surface area contributed by atoms with Gasteiger partial charge in [-0.15, -0.1) is 0 Å². The number of carboxylic acid groups (broad SMARTS) is 1. The molecule has 1 amide bonds. The summed E-state index contributed by atoms with van der Waals surface area (Å²) < 4.78 is 5.61. The number of carbonyl (C=O) groups is 2. The molecule has 7 heteroatoms. The summed E-state index contributed by atoms with van der Waals surface area (Å²) in [5.41, 5.74) is -0.306.